The molecule has 0 aliphatic carbocycles. The van der Waals surface area contributed by atoms with Crippen molar-refractivity contribution in [2.24, 2.45) is 0 Å². The summed E-state index contributed by atoms with van der Waals surface area (Å²) in [5.41, 5.74) is 1.78. The number of rotatable bonds is 6. The van der Waals surface area contributed by atoms with Gasteiger partial charge >= 0.3 is 11.9 Å². The number of ether oxygens (including phenoxy) is 1. The molecule has 3 rings (SSSR count). The number of carbonyl (C=O) groups is 2. The van der Waals surface area contributed by atoms with Gasteiger partial charge in [0, 0.05) is 10.6 Å². The van der Waals surface area contributed by atoms with Crippen molar-refractivity contribution >= 4 is 41.4 Å². The number of hydrogen-bond acceptors (Lipinski definition) is 6. The van der Waals surface area contributed by atoms with E-state index in [4.69, 9.17) is 11.6 Å². The van der Waals surface area contributed by atoms with Gasteiger partial charge in [-0.2, -0.15) is 0 Å². The van der Waals surface area contributed by atoms with Crippen LogP contribution in [0.2, 0.25) is 5.02 Å². The van der Waals surface area contributed by atoms with Crippen LogP contribution in [0.4, 0.5) is 0 Å². The Balaban J connectivity index is 1.80. The standard InChI is InChI=1S/C19H14ClN3O4S/c1-27-18(26)13-4-2-11(3-5-13)10-15(17(24)25)28-19-21-16(22-23-19)12-6-8-14(20)9-7-12/h2-10H,1H3,(H,24,25)(H,21,22,23)/b15-10-. The molecule has 0 fully saturated rings. The molecule has 0 radical (unpaired) electrons. The number of aromatic nitrogens is 3. The smallest absolute Gasteiger partial charge is 0.342 e. The third-order valence-corrected chi connectivity index (χ3v) is 4.75. The summed E-state index contributed by atoms with van der Waals surface area (Å²) in [6.07, 6.45) is 1.48. The molecule has 142 valence electrons. The number of halogens is 1. The van der Waals surface area contributed by atoms with E-state index in [0.29, 0.717) is 22.0 Å². The SMILES string of the molecule is COC(=O)c1ccc(/C=C(\Sc2n[nH]c(-c3ccc(Cl)cc3)n2)C(=O)O)cc1. The van der Waals surface area contributed by atoms with Gasteiger partial charge < -0.3 is 9.84 Å². The molecule has 7 nitrogen and oxygen atoms in total. The molecular formula is C19H14ClN3O4S. The Morgan fingerprint density at radius 3 is 2.43 bits per heavy atom. The van der Waals surface area contributed by atoms with E-state index in [1.807, 2.05) is 0 Å². The van der Waals surface area contributed by atoms with Crippen molar-refractivity contribution < 1.29 is 19.4 Å². The third-order valence-electron chi connectivity index (χ3n) is 3.62. The molecule has 0 saturated heterocycles. The van der Waals surface area contributed by atoms with Crippen LogP contribution in [0.1, 0.15) is 15.9 Å². The minimum Gasteiger partial charge on any atom is -0.477 e. The van der Waals surface area contributed by atoms with Crippen molar-refractivity contribution in [1.82, 2.24) is 15.2 Å². The van der Waals surface area contributed by atoms with Crippen LogP contribution in [0.3, 0.4) is 0 Å². The van der Waals surface area contributed by atoms with E-state index in [1.54, 1.807) is 48.5 Å². The van der Waals surface area contributed by atoms with Crippen molar-refractivity contribution in [3.8, 4) is 11.4 Å². The van der Waals surface area contributed by atoms with Gasteiger partial charge in [0.15, 0.2) is 5.82 Å². The van der Waals surface area contributed by atoms with E-state index in [9.17, 15) is 14.7 Å². The summed E-state index contributed by atoms with van der Waals surface area (Å²) in [6, 6.07) is 13.4. The van der Waals surface area contributed by atoms with Crippen molar-refractivity contribution in [1.29, 1.82) is 0 Å². The van der Waals surface area contributed by atoms with Gasteiger partial charge in [-0.05, 0) is 59.8 Å². The maximum Gasteiger partial charge on any atom is 0.342 e. The first-order valence-corrected chi connectivity index (χ1v) is 9.15. The molecule has 0 aliphatic rings. The van der Waals surface area contributed by atoms with Gasteiger partial charge in [-0.3, -0.25) is 5.10 Å². The molecule has 9 heteroatoms. The van der Waals surface area contributed by atoms with Crippen LogP contribution in [0, 0.1) is 0 Å². The minimum absolute atomic E-state index is 0.0347. The summed E-state index contributed by atoms with van der Waals surface area (Å²) in [5.74, 6) is -1.06. The van der Waals surface area contributed by atoms with Gasteiger partial charge in [-0.25, -0.2) is 14.6 Å². The van der Waals surface area contributed by atoms with Crippen LogP contribution in [0.15, 0.2) is 58.6 Å². The number of carboxylic acids is 1. The van der Waals surface area contributed by atoms with Crippen molar-refractivity contribution in [2.45, 2.75) is 5.16 Å². The molecule has 2 N–H and O–H groups in total. The van der Waals surface area contributed by atoms with Crippen molar-refractivity contribution in [3.63, 3.8) is 0 Å². The Morgan fingerprint density at radius 1 is 1.14 bits per heavy atom. The Hall–Kier alpha value is -3.10. The van der Waals surface area contributed by atoms with Gasteiger partial charge in [0.2, 0.25) is 5.16 Å². The van der Waals surface area contributed by atoms with Crippen LogP contribution in [-0.4, -0.2) is 39.3 Å². The molecule has 2 aromatic carbocycles. The number of benzene rings is 2. The molecule has 1 heterocycles. The fourth-order valence-corrected chi connectivity index (χ4v) is 3.08. The number of nitrogens with zero attached hydrogens (tertiary/aromatic N) is 2. The number of aliphatic carboxylic acids is 1. The lowest BCUT2D eigenvalue weighted by atomic mass is 10.1. The number of hydrogen-bond donors (Lipinski definition) is 2. The molecule has 0 atom stereocenters. The van der Waals surface area contributed by atoms with E-state index in [2.05, 4.69) is 19.9 Å². The Morgan fingerprint density at radius 2 is 1.82 bits per heavy atom. The van der Waals surface area contributed by atoms with Crippen LogP contribution < -0.4 is 0 Å². The summed E-state index contributed by atoms with van der Waals surface area (Å²) in [7, 11) is 1.30. The van der Waals surface area contributed by atoms with E-state index in [-0.39, 0.29) is 10.1 Å². The maximum atomic E-state index is 11.6. The number of carbonyl (C=O) groups excluding carboxylic acids is 1. The normalized spacial score (nSPS) is 11.3. The topological polar surface area (TPSA) is 105 Å². The third kappa shape index (κ3) is 4.79. The number of esters is 1. The number of aromatic amines is 1. The summed E-state index contributed by atoms with van der Waals surface area (Å²) < 4.78 is 4.64. The summed E-state index contributed by atoms with van der Waals surface area (Å²) in [5, 5.41) is 17.2. The first-order chi connectivity index (χ1) is 13.5. The van der Waals surface area contributed by atoms with Gasteiger partial charge in [0.25, 0.3) is 0 Å². The number of thioether (sulfide) groups is 1. The van der Waals surface area contributed by atoms with E-state index < -0.39 is 11.9 Å². The highest BCUT2D eigenvalue weighted by Gasteiger charge is 2.14. The average Bonchev–Trinajstić information content (AvgIpc) is 3.16. The van der Waals surface area contributed by atoms with Gasteiger partial charge in [-0.15, -0.1) is 5.10 Å². The van der Waals surface area contributed by atoms with Crippen LogP contribution in [-0.2, 0) is 9.53 Å². The zero-order valence-corrected chi connectivity index (χ0v) is 16.1. The molecule has 0 amide bonds. The predicted octanol–water partition coefficient (Wildman–Crippen LogP) is 4.13. The lowest BCUT2D eigenvalue weighted by Gasteiger charge is -2.01. The first kappa shape index (κ1) is 19.7. The van der Waals surface area contributed by atoms with Gasteiger partial charge in [0.05, 0.1) is 12.7 Å². The molecule has 0 aliphatic heterocycles. The second-order valence-electron chi connectivity index (χ2n) is 5.50. The quantitative estimate of drug-likeness (QED) is 0.354. The van der Waals surface area contributed by atoms with Crippen LogP contribution >= 0.6 is 23.4 Å². The summed E-state index contributed by atoms with van der Waals surface area (Å²) in [4.78, 5) is 27.4. The highest BCUT2D eigenvalue weighted by molar-refractivity contribution is 8.04. The highest BCUT2D eigenvalue weighted by Crippen LogP contribution is 2.28. The molecule has 0 spiro atoms. The van der Waals surface area contributed by atoms with Crippen molar-refractivity contribution in [2.75, 3.05) is 7.11 Å². The van der Waals surface area contributed by atoms with E-state index in [0.717, 1.165) is 17.3 Å². The molecule has 0 saturated carbocycles. The average molecular weight is 416 g/mol. The molecule has 28 heavy (non-hydrogen) atoms. The lowest BCUT2D eigenvalue weighted by Crippen LogP contribution is -2.00. The number of nitrogens with one attached hydrogen (secondary N) is 1. The molecule has 0 bridgehead atoms. The Labute approximate surface area is 169 Å². The molecule has 3 aromatic rings. The second-order valence-corrected chi connectivity index (χ2v) is 6.95. The second kappa shape index (κ2) is 8.73. The fourth-order valence-electron chi connectivity index (χ4n) is 2.25. The van der Waals surface area contributed by atoms with Crippen molar-refractivity contribution in [3.05, 3.63) is 69.6 Å². The predicted molar refractivity (Wildman–Crippen MR) is 106 cm³/mol. The minimum atomic E-state index is -1.11. The summed E-state index contributed by atoms with van der Waals surface area (Å²) >= 11 is 6.79. The number of H-pyrrole nitrogens is 1. The van der Waals surface area contributed by atoms with Gasteiger partial charge in [-0.1, -0.05) is 23.7 Å². The first-order valence-electron chi connectivity index (χ1n) is 7.96. The van der Waals surface area contributed by atoms with Crippen LogP contribution in [0.25, 0.3) is 17.5 Å². The Bertz CT molecular complexity index is 1030. The maximum absolute atomic E-state index is 11.6. The molecule has 1 aromatic heterocycles. The van der Waals surface area contributed by atoms with Gasteiger partial charge in [0.1, 0.15) is 4.91 Å². The van der Waals surface area contributed by atoms with E-state index in [1.165, 1.54) is 13.2 Å². The lowest BCUT2D eigenvalue weighted by molar-refractivity contribution is -0.131. The zero-order valence-electron chi connectivity index (χ0n) is 14.5. The van der Waals surface area contributed by atoms with Crippen LogP contribution in [0.5, 0.6) is 0 Å². The monoisotopic (exact) mass is 415 g/mol. The largest absolute Gasteiger partial charge is 0.477 e. The molecule has 0 unspecified atom stereocenters. The fraction of sp³-hybridized carbons (Fsp3) is 0.0526. The number of methoxy groups -OCH3 is 1. The summed E-state index contributed by atoms with van der Waals surface area (Å²) in [6.45, 7) is 0. The molecular weight excluding hydrogens is 402 g/mol. The Kier molecular flexibility index (Phi) is 6.13. The van der Waals surface area contributed by atoms with E-state index >= 15 is 0 Å². The highest BCUT2D eigenvalue weighted by atomic mass is 35.5. The zero-order chi connectivity index (χ0) is 20.1. The number of carboxylic acid groups (broad SMARTS) is 1.